The lowest BCUT2D eigenvalue weighted by Gasteiger charge is -2.23. The summed E-state index contributed by atoms with van der Waals surface area (Å²) >= 11 is 5.28. The number of unbranched alkanes of at least 4 members (excludes halogenated alkanes) is 2. The molecule has 0 heterocycles. The van der Waals surface area contributed by atoms with Crippen LogP contribution in [0.5, 0.6) is 5.75 Å². The minimum absolute atomic E-state index is 0.498. The fourth-order valence-corrected chi connectivity index (χ4v) is 3.04. The fourth-order valence-electron chi connectivity index (χ4n) is 2.82. The van der Waals surface area contributed by atoms with Crippen LogP contribution in [0.4, 0.5) is 0 Å². The highest BCUT2D eigenvalue weighted by atomic mass is 32.1. The number of ether oxygens (including phenoxy) is 1. The van der Waals surface area contributed by atoms with Crippen molar-refractivity contribution < 1.29 is 4.74 Å². The van der Waals surface area contributed by atoms with Crippen LogP contribution in [-0.4, -0.2) is 24.0 Å². The molecule has 1 fully saturated rings. The minimum Gasteiger partial charge on any atom is -0.494 e. The predicted octanol–water partition coefficient (Wildman–Crippen LogP) is 4.39. The molecule has 1 saturated carbocycles. The second kappa shape index (κ2) is 11.0. The number of hydrogen-bond donors (Lipinski definition) is 2. The molecule has 4 nitrogen and oxygen atoms in total. The summed E-state index contributed by atoms with van der Waals surface area (Å²) in [6.45, 7) is 2.97. The van der Waals surface area contributed by atoms with Crippen molar-refractivity contribution in [1.82, 2.24) is 10.7 Å². The molecular weight excluding hydrogens is 318 g/mol. The van der Waals surface area contributed by atoms with E-state index in [1.54, 1.807) is 6.21 Å². The molecule has 1 aromatic rings. The monoisotopic (exact) mass is 347 g/mol. The first-order chi connectivity index (χ1) is 11.8. The highest BCUT2D eigenvalue weighted by Gasteiger charge is 2.13. The summed E-state index contributed by atoms with van der Waals surface area (Å²) in [5.74, 6) is 0.908. The van der Waals surface area contributed by atoms with Crippen molar-refractivity contribution in [2.45, 2.75) is 64.3 Å². The largest absolute Gasteiger partial charge is 0.494 e. The van der Waals surface area contributed by atoms with Gasteiger partial charge in [0, 0.05) is 6.04 Å². The van der Waals surface area contributed by atoms with Crippen LogP contribution in [0.1, 0.15) is 63.9 Å². The van der Waals surface area contributed by atoms with Gasteiger partial charge in [0.15, 0.2) is 5.11 Å². The second-order valence-electron chi connectivity index (χ2n) is 6.30. The van der Waals surface area contributed by atoms with Crippen LogP contribution in [0.25, 0.3) is 0 Å². The number of benzene rings is 1. The Morgan fingerprint density at radius 3 is 2.67 bits per heavy atom. The van der Waals surface area contributed by atoms with E-state index in [4.69, 9.17) is 17.0 Å². The third-order valence-electron chi connectivity index (χ3n) is 4.22. The van der Waals surface area contributed by atoms with Gasteiger partial charge in [0.25, 0.3) is 0 Å². The predicted molar refractivity (Wildman–Crippen MR) is 105 cm³/mol. The van der Waals surface area contributed by atoms with Crippen LogP contribution in [-0.2, 0) is 0 Å². The summed E-state index contributed by atoms with van der Waals surface area (Å²) in [6.07, 6.45) is 11.6. The van der Waals surface area contributed by atoms with Crippen LogP contribution in [0.15, 0.2) is 29.4 Å². The molecule has 0 saturated heterocycles. The van der Waals surface area contributed by atoms with E-state index in [2.05, 4.69) is 22.8 Å². The van der Waals surface area contributed by atoms with Crippen LogP contribution < -0.4 is 15.5 Å². The van der Waals surface area contributed by atoms with Gasteiger partial charge in [-0.15, -0.1) is 0 Å². The molecule has 2 N–H and O–H groups in total. The number of thiocarbonyl (C=S) groups is 1. The van der Waals surface area contributed by atoms with E-state index in [1.165, 1.54) is 44.9 Å². The lowest BCUT2D eigenvalue weighted by atomic mass is 9.96. The Kier molecular flexibility index (Phi) is 8.60. The van der Waals surface area contributed by atoms with Crippen molar-refractivity contribution >= 4 is 23.5 Å². The molecule has 1 aliphatic rings. The quantitative estimate of drug-likeness (QED) is 0.317. The Hall–Kier alpha value is -1.62. The Balaban J connectivity index is 1.68. The molecule has 0 bridgehead atoms. The molecule has 132 valence electrons. The number of hydrazone groups is 1. The smallest absolute Gasteiger partial charge is 0.187 e. The molecule has 0 atom stereocenters. The molecule has 0 amide bonds. The number of rotatable bonds is 8. The van der Waals surface area contributed by atoms with Gasteiger partial charge >= 0.3 is 0 Å². The minimum atomic E-state index is 0.498. The van der Waals surface area contributed by atoms with E-state index in [0.717, 1.165) is 24.3 Å². The molecule has 0 spiro atoms. The summed E-state index contributed by atoms with van der Waals surface area (Å²) in [6, 6.07) is 8.45. The lowest BCUT2D eigenvalue weighted by molar-refractivity contribution is 0.306. The fraction of sp³-hybridized carbons (Fsp3) is 0.579. The van der Waals surface area contributed by atoms with Gasteiger partial charge in [-0.25, -0.2) is 0 Å². The van der Waals surface area contributed by atoms with Gasteiger partial charge in [0.1, 0.15) is 5.75 Å². The van der Waals surface area contributed by atoms with Gasteiger partial charge in [-0.05, 0) is 61.3 Å². The molecule has 24 heavy (non-hydrogen) atoms. The van der Waals surface area contributed by atoms with E-state index in [0.29, 0.717) is 11.2 Å². The maximum absolute atomic E-state index is 5.70. The molecule has 0 radical (unpaired) electrons. The summed E-state index contributed by atoms with van der Waals surface area (Å²) in [7, 11) is 0. The van der Waals surface area contributed by atoms with E-state index >= 15 is 0 Å². The van der Waals surface area contributed by atoms with Gasteiger partial charge in [-0.2, -0.15) is 5.10 Å². The van der Waals surface area contributed by atoms with Crippen molar-refractivity contribution in [3.63, 3.8) is 0 Å². The maximum Gasteiger partial charge on any atom is 0.187 e. The topological polar surface area (TPSA) is 45.6 Å². The molecular formula is C19H29N3OS. The van der Waals surface area contributed by atoms with E-state index in [9.17, 15) is 0 Å². The highest BCUT2D eigenvalue weighted by molar-refractivity contribution is 7.80. The van der Waals surface area contributed by atoms with Crippen molar-refractivity contribution in [2.24, 2.45) is 5.10 Å². The van der Waals surface area contributed by atoms with Crippen molar-refractivity contribution in [1.29, 1.82) is 0 Å². The average Bonchev–Trinajstić information content (AvgIpc) is 2.61. The SMILES string of the molecule is CCCCCOc1ccc(/C=N/NC(=S)NC2CCCCC2)cc1. The van der Waals surface area contributed by atoms with Gasteiger partial charge in [0.2, 0.25) is 0 Å². The molecule has 5 heteroatoms. The van der Waals surface area contributed by atoms with Crippen molar-refractivity contribution in [2.75, 3.05) is 6.61 Å². The second-order valence-corrected chi connectivity index (χ2v) is 6.71. The summed E-state index contributed by atoms with van der Waals surface area (Å²) < 4.78 is 5.70. The van der Waals surface area contributed by atoms with Gasteiger partial charge in [-0.3, -0.25) is 5.43 Å². The lowest BCUT2D eigenvalue weighted by Crippen LogP contribution is -2.40. The van der Waals surface area contributed by atoms with Crippen LogP contribution in [0.2, 0.25) is 0 Å². The Morgan fingerprint density at radius 1 is 1.21 bits per heavy atom. The normalized spacial score (nSPS) is 15.4. The zero-order valence-corrected chi connectivity index (χ0v) is 15.4. The van der Waals surface area contributed by atoms with Crippen LogP contribution in [0.3, 0.4) is 0 Å². The number of nitrogens with zero attached hydrogens (tertiary/aromatic N) is 1. The third kappa shape index (κ3) is 7.30. The zero-order valence-electron chi connectivity index (χ0n) is 14.6. The van der Waals surface area contributed by atoms with Crippen LogP contribution >= 0.6 is 12.2 Å². The average molecular weight is 348 g/mol. The molecule has 1 aromatic carbocycles. The molecule has 0 unspecified atom stereocenters. The summed E-state index contributed by atoms with van der Waals surface area (Å²) in [5, 5.41) is 8.14. The first-order valence-electron chi connectivity index (χ1n) is 9.10. The number of hydrogen-bond acceptors (Lipinski definition) is 3. The Morgan fingerprint density at radius 2 is 1.96 bits per heavy atom. The molecule has 0 aromatic heterocycles. The van der Waals surface area contributed by atoms with E-state index in [-0.39, 0.29) is 0 Å². The van der Waals surface area contributed by atoms with Crippen LogP contribution in [0, 0.1) is 0 Å². The summed E-state index contributed by atoms with van der Waals surface area (Å²) in [4.78, 5) is 0. The first-order valence-corrected chi connectivity index (χ1v) is 9.51. The standard InChI is InChI=1S/C19H29N3OS/c1-2-3-7-14-23-18-12-10-16(11-13-18)15-20-22-19(24)21-17-8-5-4-6-9-17/h10-13,15,17H,2-9,14H2,1H3,(H2,21,22,24)/b20-15+. The van der Waals surface area contributed by atoms with Crippen molar-refractivity contribution in [3.05, 3.63) is 29.8 Å². The van der Waals surface area contributed by atoms with E-state index in [1.807, 2.05) is 24.3 Å². The molecule has 2 rings (SSSR count). The Labute approximate surface area is 151 Å². The summed E-state index contributed by atoms with van der Waals surface area (Å²) in [5.41, 5.74) is 3.92. The Bertz CT molecular complexity index is 510. The molecule has 1 aliphatic carbocycles. The van der Waals surface area contributed by atoms with Gasteiger partial charge in [-0.1, -0.05) is 39.0 Å². The van der Waals surface area contributed by atoms with E-state index < -0.39 is 0 Å². The van der Waals surface area contributed by atoms with Gasteiger partial charge in [0.05, 0.1) is 12.8 Å². The third-order valence-corrected chi connectivity index (χ3v) is 4.43. The first kappa shape index (κ1) is 18.7. The molecule has 0 aliphatic heterocycles. The maximum atomic E-state index is 5.70. The number of nitrogens with one attached hydrogen (secondary N) is 2. The zero-order chi connectivity index (χ0) is 17.0. The van der Waals surface area contributed by atoms with Crippen molar-refractivity contribution in [3.8, 4) is 5.75 Å². The highest BCUT2D eigenvalue weighted by Crippen LogP contribution is 2.17. The van der Waals surface area contributed by atoms with Gasteiger partial charge < -0.3 is 10.1 Å².